The van der Waals surface area contributed by atoms with Crippen molar-refractivity contribution in [3.8, 4) is 0 Å². The van der Waals surface area contributed by atoms with E-state index in [1.54, 1.807) is 29.2 Å². The maximum absolute atomic E-state index is 13.0. The highest BCUT2D eigenvalue weighted by Crippen LogP contribution is 2.41. The fourth-order valence-electron chi connectivity index (χ4n) is 3.66. The Balaban J connectivity index is 1.78. The van der Waals surface area contributed by atoms with Gasteiger partial charge in [-0.15, -0.1) is 0 Å². The second-order valence-electron chi connectivity index (χ2n) is 6.41. The molecule has 1 atom stereocenters. The number of carboxylic acid groups (broad SMARTS) is 1. The molecule has 2 aliphatic rings. The number of carbonyl (C=O) groups excluding carboxylic acids is 1. The molecule has 2 aromatic rings. The summed E-state index contributed by atoms with van der Waals surface area (Å²) in [4.78, 5) is 28.2. The largest absolute Gasteiger partial charge is 0.478 e. The SMILES string of the molecule is O=C(O)c1ccc2c(c1)N(Cc1ccc(Cl)cc1)C(=O)C1CCCN21. The average molecular weight is 357 g/mol. The van der Waals surface area contributed by atoms with Gasteiger partial charge < -0.3 is 14.9 Å². The Morgan fingerprint density at radius 3 is 2.64 bits per heavy atom. The molecule has 6 heteroatoms. The quantitative estimate of drug-likeness (QED) is 0.913. The first-order valence-electron chi connectivity index (χ1n) is 8.24. The van der Waals surface area contributed by atoms with Gasteiger partial charge >= 0.3 is 5.97 Å². The van der Waals surface area contributed by atoms with Gasteiger partial charge in [-0.2, -0.15) is 0 Å². The summed E-state index contributed by atoms with van der Waals surface area (Å²) in [5.41, 5.74) is 2.74. The molecule has 1 amide bonds. The molecule has 1 N–H and O–H groups in total. The van der Waals surface area contributed by atoms with Crippen LogP contribution in [-0.4, -0.2) is 29.6 Å². The van der Waals surface area contributed by atoms with Crippen molar-refractivity contribution >= 4 is 34.9 Å². The summed E-state index contributed by atoms with van der Waals surface area (Å²) in [7, 11) is 0. The zero-order valence-corrected chi connectivity index (χ0v) is 14.2. The lowest BCUT2D eigenvalue weighted by Crippen LogP contribution is -2.50. The van der Waals surface area contributed by atoms with Crippen molar-refractivity contribution in [3.63, 3.8) is 0 Å². The molecule has 4 rings (SSSR count). The molecule has 128 valence electrons. The lowest BCUT2D eigenvalue weighted by Gasteiger charge is -2.39. The Bertz CT molecular complexity index is 850. The van der Waals surface area contributed by atoms with Crippen LogP contribution >= 0.6 is 11.6 Å². The van der Waals surface area contributed by atoms with E-state index in [2.05, 4.69) is 4.90 Å². The summed E-state index contributed by atoms with van der Waals surface area (Å²) in [5.74, 6) is -0.965. The fourth-order valence-corrected chi connectivity index (χ4v) is 3.79. The van der Waals surface area contributed by atoms with Crippen LogP contribution in [0.2, 0.25) is 5.02 Å². The fraction of sp³-hybridized carbons (Fsp3) is 0.263. The van der Waals surface area contributed by atoms with Gasteiger partial charge in [0, 0.05) is 11.6 Å². The van der Waals surface area contributed by atoms with Crippen LogP contribution in [0.1, 0.15) is 28.8 Å². The molecule has 1 fully saturated rings. The van der Waals surface area contributed by atoms with E-state index in [1.165, 1.54) is 0 Å². The molecule has 1 saturated heterocycles. The third-order valence-electron chi connectivity index (χ3n) is 4.88. The molecule has 2 aliphatic heterocycles. The van der Waals surface area contributed by atoms with Gasteiger partial charge in [0.1, 0.15) is 6.04 Å². The number of aromatic carboxylic acids is 1. The third kappa shape index (κ3) is 2.74. The lowest BCUT2D eigenvalue weighted by atomic mass is 10.0. The van der Waals surface area contributed by atoms with Crippen molar-refractivity contribution in [2.24, 2.45) is 0 Å². The summed E-state index contributed by atoms with van der Waals surface area (Å²) < 4.78 is 0. The molecule has 5 nitrogen and oxygen atoms in total. The van der Waals surface area contributed by atoms with Crippen LogP contribution in [0.3, 0.4) is 0 Å². The van der Waals surface area contributed by atoms with Gasteiger partial charge in [0.15, 0.2) is 0 Å². The van der Waals surface area contributed by atoms with Crippen molar-refractivity contribution in [2.45, 2.75) is 25.4 Å². The number of hydrogen-bond acceptors (Lipinski definition) is 3. The number of carboxylic acids is 1. The molecular weight excluding hydrogens is 340 g/mol. The zero-order chi connectivity index (χ0) is 17.6. The topological polar surface area (TPSA) is 60.9 Å². The van der Waals surface area contributed by atoms with Crippen LogP contribution in [0.4, 0.5) is 11.4 Å². The second-order valence-corrected chi connectivity index (χ2v) is 6.85. The van der Waals surface area contributed by atoms with E-state index >= 15 is 0 Å². The Labute approximate surface area is 150 Å². The highest BCUT2D eigenvalue weighted by Gasteiger charge is 2.40. The number of anilines is 2. The van der Waals surface area contributed by atoms with E-state index in [9.17, 15) is 14.7 Å². The molecule has 0 bridgehead atoms. The number of fused-ring (bicyclic) bond motifs is 3. The number of carbonyl (C=O) groups is 2. The normalized spacial score (nSPS) is 18.9. The predicted octanol–water partition coefficient (Wildman–Crippen LogP) is 3.55. The van der Waals surface area contributed by atoms with Gasteiger partial charge in [-0.3, -0.25) is 4.79 Å². The Kier molecular flexibility index (Phi) is 3.88. The number of benzene rings is 2. The summed E-state index contributed by atoms with van der Waals surface area (Å²) >= 11 is 5.94. The van der Waals surface area contributed by atoms with E-state index < -0.39 is 5.97 Å². The standard InChI is InChI=1S/C19H17ClN2O3/c20-14-6-3-12(4-7-14)11-22-17-10-13(19(24)25)5-8-15(17)21-9-1-2-16(21)18(22)23/h3-8,10,16H,1-2,9,11H2,(H,24,25). The average Bonchev–Trinajstić information content (AvgIpc) is 3.10. The van der Waals surface area contributed by atoms with E-state index in [4.69, 9.17) is 11.6 Å². The molecule has 0 saturated carbocycles. The lowest BCUT2D eigenvalue weighted by molar-refractivity contribution is -0.120. The molecule has 0 radical (unpaired) electrons. The van der Waals surface area contributed by atoms with Gasteiger partial charge in [-0.25, -0.2) is 4.79 Å². The zero-order valence-electron chi connectivity index (χ0n) is 13.5. The van der Waals surface area contributed by atoms with Crippen molar-refractivity contribution in [1.82, 2.24) is 0 Å². The highest BCUT2D eigenvalue weighted by atomic mass is 35.5. The molecule has 1 unspecified atom stereocenters. The predicted molar refractivity (Wildman–Crippen MR) is 96.4 cm³/mol. The van der Waals surface area contributed by atoms with E-state index in [1.807, 2.05) is 18.2 Å². The smallest absolute Gasteiger partial charge is 0.335 e. The maximum atomic E-state index is 13.0. The Hall–Kier alpha value is -2.53. The highest BCUT2D eigenvalue weighted by molar-refractivity contribution is 6.30. The monoisotopic (exact) mass is 356 g/mol. The molecular formula is C19H17ClN2O3. The van der Waals surface area contributed by atoms with E-state index in [-0.39, 0.29) is 17.5 Å². The number of amides is 1. The molecule has 2 aromatic carbocycles. The minimum atomic E-state index is -0.995. The van der Waals surface area contributed by atoms with Crippen LogP contribution < -0.4 is 9.80 Å². The van der Waals surface area contributed by atoms with Crippen LogP contribution in [-0.2, 0) is 11.3 Å². The Morgan fingerprint density at radius 2 is 1.92 bits per heavy atom. The maximum Gasteiger partial charge on any atom is 0.335 e. The van der Waals surface area contributed by atoms with E-state index in [0.29, 0.717) is 17.3 Å². The first kappa shape index (κ1) is 16.0. The van der Waals surface area contributed by atoms with E-state index in [0.717, 1.165) is 30.6 Å². The molecule has 0 aromatic heterocycles. The van der Waals surface area contributed by atoms with Crippen molar-refractivity contribution < 1.29 is 14.7 Å². The van der Waals surface area contributed by atoms with Crippen molar-refractivity contribution in [1.29, 1.82) is 0 Å². The Morgan fingerprint density at radius 1 is 1.16 bits per heavy atom. The van der Waals surface area contributed by atoms with Gasteiger partial charge in [-0.05, 0) is 48.7 Å². The summed E-state index contributed by atoms with van der Waals surface area (Å²) in [6.45, 7) is 1.22. The summed E-state index contributed by atoms with van der Waals surface area (Å²) in [5, 5.41) is 9.96. The van der Waals surface area contributed by atoms with Crippen LogP contribution in [0, 0.1) is 0 Å². The number of rotatable bonds is 3. The molecule has 2 heterocycles. The number of nitrogens with zero attached hydrogens (tertiary/aromatic N) is 2. The van der Waals surface area contributed by atoms with Crippen LogP contribution in [0.25, 0.3) is 0 Å². The van der Waals surface area contributed by atoms with Gasteiger partial charge in [-0.1, -0.05) is 23.7 Å². The second kappa shape index (κ2) is 6.08. The van der Waals surface area contributed by atoms with Crippen molar-refractivity contribution in [3.05, 3.63) is 58.6 Å². The van der Waals surface area contributed by atoms with Gasteiger partial charge in [0.2, 0.25) is 5.91 Å². The van der Waals surface area contributed by atoms with Crippen molar-refractivity contribution in [2.75, 3.05) is 16.3 Å². The minimum Gasteiger partial charge on any atom is -0.478 e. The molecule has 0 aliphatic carbocycles. The number of halogens is 1. The molecule has 25 heavy (non-hydrogen) atoms. The first-order chi connectivity index (χ1) is 12.0. The first-order valence-corrected chi connectivity index (χ1v) is 8.62. The van der Waals surface area contributed by atoms with Gasteiger partial charge in [0.05, 0.1) is 23.5 Å². The van der Waals surface area contributed by atoms with Crippen LogP contribution in [0.5, 0.6) is 0 Å². The summed E-state index contributed by atoms with van der Waals surface area (Å²) in [6, 6.07) is 12.2. The van der Waals surface area contributed by atoms with Crippen LogP contribution in [0.15, 0.2) is 42.5 Å². The molecule has 0 spiro atoms. The summed E-state index contributed by atoms with van der Waals surface area (Å²) in [6.07, 6.45) is 1.79. The number of hydrogen-bond donors (Lipinski definition) is 1. The minimum absolute atomic E-state index is 0.0301. The van der Waals surface area contributed by atoms with Gasteiger partial charge in [0.25, 0.3) is 0 Å². The third-order valence-corrected chi connectivity index (χ3v) is 5.13.